The van der Waals surface area contributed by atoms with E-state index in [0.717, 1.165) is 5.92 Å². The maximum atomic E-state index is 6.08. The Balaban J connectivity index is 1.81. The Labute approximate surface area is 100.0 Å². The number of halogens is 1. The van der Waals surface area contributed by atoms with Crippen molar-refractivity contribution in [2.75, 3.05) is 13.1 Å². The number of unbranched alkanes of at least 4 members (excludes halogenated alkanes) is 4. The Morgan fingerprint density at radius 2 is 1.93 bits per heavy atom. The Morgan fingerprint density at radius 3 is 2.60 bits per heavy atom. The van der Waals surface area contributed by atoms with E-state index in [1.807, 2.05) is 0 Å². The van der Waals surface area contributed by atoms with Crippen molar-refractivity contribution in [3.05, 3.63) is 0 Å². The van der Waals surface area contributed by atoms with E-state index in [0.29, 0.717) is 5.38 Å². The summed E-state index contributed by atoms with van der Waals surface area (Å²) in [6.45, 7) is 4.66. The van der Waals surface area contributed by atoms with Crippen molar-refractivity contribution in [3.8, 4) is 0 Å². The van der Waals surface area contributed by atoms with Crippen molar-refractivity contribution in [3.63, 3.8) is 0 Å². The zero-order valence-electron chi connectivity index (χ0n) is 10.1. The van der Waals surface area contributed by atoms with Gasteiger partial charge >= 0.3 is 0 Å². The van der Waals surface area contributed by atoms with E-state index in [-0.39, 0.29) is 0 Å². The summed E-state index contributed by atoms with van der Waals surface area (Å²) in [4.78, 5) is 0. The van der Waals surface area contributed by atoms with Gasteiger partial charge in [-0.2, -0.15) is 0 Å². The highest BCUT2D eigenvalue weighted by Gasteiger charge is 2.21. The van der Waals surface area contributed by atoms with Gasteiger partial charge in [0.1, 0.15) is 0 Å². The first-order chi connectivity index (χ1) is 7.33. The SMILES string of the molecule is CCCCCCCNCC1CCC(Cl)C1. The number of alkyl halides is 1. The van der Waals surface area contributed by atoms with Crippen LogP contribution in [0.5, 0.6) is 0 Å². The molecule has 0 aromatic heterocycles. The third-order valence-corrected chi connectivity index (χ3v) is 3.76. The van der Waals surface area contributed by atoms with Gasteiger partial charge in [-0.25, -0.2) is 0 Å². The van der Waals surface area contributed by atoms with Gasteiger partial charge in [-0.3, -0.25) is 0 Å². The van der Waals surface area contributed by atoms with Crippen molar-refractivity contribution in [1.82, 2.24) is 5.32 Å². The van der Waals surface area contributed by atoms with Crippen LogP contribution in [0.2, 0.25) is 0 Å². The highest BCUT2D eigenvalue weighted by molar-refractivity contribution is 6.20. The normalized spacial score (nSPS) is 26.0. The molecule has 90 valence electrons. The van der Waals surface area contributed by atoms with Gasteiger partial charge in [0.25, 0.3) is 0 Å². The van der Waals surface area contributed by atoms with E-state index in [9.17, 15) is 0 Å². The molecule has 1 aliphatic rings. The predicted octanol–water partition coefficient (Wildman–Crippen LogP) is 3.95. The van der Waals surface area contributed by atoms with Crippen LogP contribution in [0.1, 0.15) is 58.3 Å². The summed E-state index contributed by atoms with van der Waals surface area (Å²) in [6.07, 6.45) is 10.7. The van der Waals surface area contributed by atoms with Crippen LogP contribution in [0.3, 0.4) is 0 Å². The van der Waals surface area contributed by atoms with E-state index in [4.69, 9.17) is 11.6 Å². The molecule has 0 radical (unpaired) electrons. The van der Waals surface area contributed by atoms with Gasteiger partial charge in [-0.15, -0.1) is 11.6 Å². The summed E-state index contributed by atoms with van der Waals surface area (Å²) < 4.78 is 0. The molecule has 2 atom stereocenters. The number of hydrogen-bond donors (Lipinski definition) is 1. The lowest BCUT2D eigenvalue weighted by atomic mass is 10.1. The summed E-state index contributed by atoms with van der Waals surface area (Å²) >= 11 is 6.08. The lowest BCUT2D eigenvalue weighted by Crippen LogP contribution is -2.22. The molecule has 0 aromatic rings. The fourth-order valence-electron chi connectivity index (χ4n) is 2.36. The van der Waals surface area contributed by atoms with Crippen LogP contribution < -0.4 is 5.32 Å². The second-order valence-electron chi connectivity index (χ2n) is 4.89. The van der Waals surface area contributed by atoms with Crippen LogP contribution in [0, 0.1) is 5.92 Å². The zero-order valence-corrected chi connectivity index (χ0v) is 10.9. The molecule has 15 heavy (non-hydrogen) atoms. The van der Waals surface area contributed by atoms with Crippen LogP contribution in [0.4, 0.5) is 0 Å². The van der Waals surface area contributed by atoms with Crippen LogP contribution in [0.25, 0.3) is 0 Å². The fraction of sp³-hybridized carbons (Fsp3) is 1.00. The zero-order chi connectivity index (χ0) is 10.9. The average molecular weight is 232 g/mol. The molecule has 0 heterocycles. The molecule has 1 aliphatic carbocycles. The van der Waals surface area contributed by atoms with E-state index in [1.165, 1.54) is 64.5 Å². The summed E-state index contributed by atoms with van der Waals surface area (Å²) in [7, 11) is 0. The van der Waals surface area contributed by atoms with Crippen molar-refractivity contribution < 1.29 is 0 Å². The molecule has 0 aliphatic heterocycles. The first-order valence-corrected chi connectivity index (χ1v) is 7.11. The molecule has 1 N–H and O–H groups in total. The number of hydrogen-bond acceptors (Lipinski definition) is 1. The van der Waals surface area contributed by atoms with Crippen molar-refractivity contribution in [1.29, 1.82) is 0 Å². The minimum absolute atomic E-state index is 0.460. The molecular formula is C13H26ClN. The van der Waals surface area contributed by atoms with E-state index >= 15 is 0 Å². The average Bonchev–Trinajstić information content (AvgIpc) is 2.63. The van der Waals surface area contributed by atoms with Gasteiger partial charge in [0.2, 0.25) is 0 Å². The van der Waals surface area contributed by atoms with Crippen LogP contribution in [0.15, 0.2) is 0 Å². The summed E-state index contributed by atoms with van der Waals surface area (Å²) in [5.74, 6) is 0.850. The third-order valence-electron chi connectivity index (χ3n) is 3.37. The number of rotatable bonds is 8. The maximum absolute atomic E-state index is 6.08. The smallest absolute Gasteiger partial charge is 0.0339 e. The maximum Gasteiger partial charge on any atom is 0.0339 e. The molecule has 1 nitrogen and oxygen atoms in total. The summed E-state index contributed by atoms with van der Waals surface area (Å²) in [5, 5.41) is 4.03. The largest absolute Gasteiger partial charge is 0.316 e. The van der Waals surface area contributed by atoms with E-state index in [2.05, 4.69) is 12.2 Å². The van der Waals surface area contributed by atoms with Crippen molar-refractivity contribution in [2.24, 2.45) is 5.92 Å². The van der Waals surface area contributed by atoms with E-state index in [1.54, 1.807) is 0 Å². The lowest BCUT2D eigenvalue weighted by Gasteiger charge is -2.10. The highest BCUT2D eigenvalue weighted by atomic mass is 35.5. The minimum Gasteiger partial charge on any atom is -0.316 e. The van der Waals surface area contributed by atoms with Gasteiger partial charge in [-0.05, 0) is 44.7 Å². The molecule has 1 rings (SSSR count). The molecule has 1 saturated carbocycles. The molecule has 0 amide bonds. The Morgan fingerprint density at radius 1 is 1.13 bits per heavy atom. The summed E-state index contributed by atoms with van der Waals surface area (Å²) in [5.41, 5.74) is 0. The molecule has 0 bridgehead atoms. The van der Waals surface area contributed by atoms with Crippen LogP contribution >= 0.6 is 11.6 Å². The monoisotopic (exact) mass is 231 g/mol. The topological polar surface area (TPSA) is 12.0 Å². The van der Waals surface area contributed by atoms with Gasteiger partial charge < -0.3 is 5.32 Å². The van der Waals surface area contributed by atoms with Gasteiger partial charge in [0, 0.05) is 5.38 Å². The molecule has 2 unspecified atom stereocenters. The van der Waals surface area contributed by atoms with Crippen LogP contribution in [-0.2, 0) is 0 Å². The number of nitrogens with one attached hydrogen (secondary N) is 1. The second kappa shape index (κ2) is 8.41. The molecule has 2 heteroatoms. The summed E-state index contributed by atoms with van der Waals surface area (Å²) in [6, 6.07) is 0. The van der Waals surface area contributed by atoms with Crippen molar-refractivity contribution >= 4 is 11.6 Å². The lowest BCUT2D eigenvalue weighted by molar-refractivity contribution is 0.478. The molecule has 1 fully saturated rings. The third kappa shape index (κ3) is 6.42. The van der Waals surface area contributed by atoms with E-state index < -0.39 is 0 Å². The first kappa shape index (κ1) is 13.3. The standard InChI is InChI=1S/C13H26ClN/c1-2-3-4-5-6-9-15-11-12-7-8-13(14)10-12/h12-13,15H,2-11H2,1H3. The Bertz CT molecular complexity index is 149. The second-order valence-corrected chi connectivity index (χ2v) is 5.51. The fourth-order valence-corrected chi connectivity index (χ4v) is 2.74. The quantitative estimate of drug-likeness (QED) is 0.493. The molecule has 0 aromatic carbocycles. The van der Waals surface area contributed by atoms with Crippen molar-refractivity contribution in [2.45, 2.75) is 63.7 Å². The Hall–Kier alpha value is 0.250. The first-order valence-electron chi connectivity index (χ1n) is 6.67. The minimum atomic E-state index is 0.460. The molecule has 0 saturated heterocycles. The van der Waals surface area contributed by atoms with Gasteiger partial charge in [0.15, 0.2) is 0 Å². The highest BCUT2D eigenvalue weighted by Crippen LogP contribution is 2.28. The Kier molecular flexibility index (Phi) is 7.46. The van der Waals surface area contributed by atoms with Gasteiger partial charge in [0.05, 0.1) is 0 Å². The molecular weight excluding hydrogens is 206 g/mol. The van der Waals surface area contributed by atoms with Crippen LogP contribution in [-0.4, -0.2) is 18.5 Å². The molecule has 0 spiro atoms. The van der Waals surface area contributed by atoms with Gasteiger partial charge in [-0.1, -0.05) is 32.6 Å². The predicted molar refractivity (Wildman–Crippen MR) is 68.6 cm³/mol.